The standard InChI is InChI=1S/C20H27N3O3S2/c1-22(2)14-17-9-7-16(8-10-17)13-21-20(24)18-5-3-11-23(15-18)28(25,26)19-6-4-12-27-19/h4,6-10,12,18H,3,5,11,13-15H2,1-2H3,(H,21,24)/p+1/t18-/m1/s1. The lowest BCUT2D eigenvalue weighted by Crippen LogP contribution is -3.04. The minimum absolute atomic E-state index is 0.0760. The van der Waals surface area contributed by atoms with Crippen LogP contribution in [0, 0.1) is 5.92 Å². The topological polar surface area (TPSA) is 70.9 Å². The van der Waals surface area contributed by atoms with Crippen molar-refractivity contribution < 1.29 is 18.1 Å². The number of nitrogens with one attached hydrogen (secondary N) is 2. The van der Waals surface area contributed by atoms with E-state index in [4.69, 9.17) is 0 Å². The van der Waals surface area contributed by atoms with Gasteiger partial charge in [0.05, 0.1) is 20.0 Å². The molecular weight excluding hydrogens is 394 g/mol. The predicted molar refractivity (Wildman–Crippen MR) is 111 cm³/mol. The van der Waals surface area contributed by atoms with Crippen molar-refractivity contribution in [2.45, 2.75) is 30.1 Å². The van der Waals surface area contributed by atoms with Crippen molar-refractivity contribution in [1.82, 2.24) is 9.62 Å². The molecule has 2 heterocycles. The highest BCUT2D eigenvalue weighted by Crippen LogP contribution is 2.26. The van der Waals surface area contributed by atoms with E-state index >= 15 is 0 Å². The summed E-state index contributed by atoms with van der Waals surface area (Å²) in [5.41, 5.74) is 2.31. The van der Waals surface area contributed by atoms with Crippen LogP contribution in [0.2, 0.25) is 0 Å². The number of hydrogen-bond donors (Lipinski definition) is 2. The number of rotatable bonds is 7. The highest BCUT2D eigenvalue weighted by Gasteiger charge is 2.33. The Kier molecular flexibility index (Phi) is 6.87. The number of quaternary nitrogens is 1. The molecule has 1 amide bonds. The predicted octanol–water partition coefficient (Wildman–Crippen LogP) is 1.11. The van der Waals surface area contributed by atoms with Gasteiger partial charge >= 0.3 is 0 Å². The monoisotopic (exact) mass is 422 g/mol. The van der Waals surface area contributed by atoms with Crippen LogP contribution < -0.4 is 10.2 Å². The maximum atomic E-state index is 12.7. The molecule has 1 saturated heterocycles. The summed E-state index contributed by atoms with van der Waals surface area (Å²) in [5, 5.41) is 4.73. The number of hydrogen-bond acceptors (Lipinski definition) is 4. The second-order valence-electron chi connectivity index (χ2n) is 7.55. The van der Waals surface area contributed by atoms with Gasteiger partial charge < -0.3 is 10.2 Å². The molecule has 152 valence electrons. The van der Waals surface area contributed by atoms with E-state index in [2.05, 4.69) is 31.5 Å². The average Bonchev–Trinajstić information content (AvgIpc) is 3.22. The van der Waals surface area contributed by atoms with Gasteiger partial charge in [-0.25, -0.2) is 8.42 Å². The van der Waals surface area contributed by atoms with Crippen LogP contribution in [0.1, 0.15) is 24.0 Å². The third-order valence-electron chi connectivity index (χ3n) is 4.89. The Bertz CT molecular complexity index is 878. The highest BCUT2D eigenvalue weighted by atomic mass is 32.2. The molecule has 1 aromatic heterocycles. The van der Waals surface area contributed by atoms with Crippen molar-refractivity contribution in [2.75, 3.05) is 27.2 Å². The summed E-state index contributed by atoms with van der Waals surface area (Å²) in [6.07, 6.45) is 1.41. The number of nitrogens with zero attached hydrogens (tertiary/aromatic N) is 1. The lowest BCUT2D eigenvalue weighted by atomic mass is 9.98. The van der Waals surface area contributed by atoms with Crippen molar-refractivity contribution in [3.63, 3.8) is 0 Å². The quantitative estimate of drug-likeness (QED) is 0.702. The van der Waals surface area contributed by atoms with Crippen molar-refractivity contribution in [2.24, 2.45) is 5.92 Å². The molecular formula is C20H28N3O3S2+. The summed E-state index contributed by atoms with van der Waals surface area (Å²) in [6.45, 7) is 2.14. The Balaban J connectivity index is 1.56. The maximum absolute atomic E-state index is 12.7. The van der Waals surface area contributed by atoms with Gasteiger partial charge in [0.15, 0.2) is 0 Å². The number of carbonyl (C=O) groups excluding carboxylic acids is 1. The third kappa shape index (κ3) is 5.20. The zero-order valence-electron chi connectivity index (χ0n) is 16.3. The molecule has 0 bridgehead atoms. The molecule has 6 nitrogen and oxygen atoms in total. The van der Waals surface area contributed by atoms with E-state index in [0.29, 0.717) is 30.1 Å². The zero-order valence-corrected chi connectivity index (χ0v) is 18.0. The second-order valence-corrected chi connectivity index (χ2v) is 10.7. The van der Waals surface area contributed by atoms with E-state index in [-0.39, 0.29) is 18.4 Å². The summed E-state index contributed by atoms with van der Waals surface area (Å²) in [5.74, 6) is -0.381. The summed E-state index contributed by atoms with van der Waals surface area (Å²) >= 11 is 1.21. The van der Waals surface area contributed by atoms with Gasteiger partial charge in [0.1, 0.15) is 10.8 Å². The Hall–Kier alpha value is -1.74. The van der Waals surface area contributed by atoms with Gasteiger partial charge in [-0.15, -0.1) is 11.3 Å². The summed E-state index contributed by atoms with van der Waals surface area (Å²) < 4.78 is 27.2. The molecule has 0 saturated carbocycles. The van der Waals surface area contributed by atoms with Crippen LogP contribution in [0.15, 0.2) is 46.0 Å². The van der Waals surface area contributed by atoms with Gasteiger partial charge in [0, 0.05) is 25.2 Å². The molecule has 2 N–H and O–H groups in total. The number of sulfonamides is 1. The fourth-order valence-corrected chi connectivity index (χ4v) is 6.10. The molecule has 1 fully saturated rings. The van der Waals surface area contributed by atoms with Gasteiger partial charge in [-0.2, -0.15) is 4.31 Å². The number of piperidine rings is 1. The van der Waals surface area contributed by atoms with Gasteiger partial charge in [0.2, 0.25) is 5.91 Å². The van der Waals surface area contributed by atoms with Crippen molar-refractivity contribution >= 4 is 27.3 Å². The molecule has 8 heteroatoms. The lowest BCUT2D eigenvalue weighted by Gasteiger charge is -2.30. The summed E-state index contributed by atoms with van der Waals surface area (Å²) in [6, 6.07) is 11.6. The molecule has 2 aromatic rings. The molecule has 28 heavy (non-hydrogen) atoms. The normalized spacial score (nSPS) is 18.3. The van der Waals surface area contributed by atoms with Crippen LogP contribution in [0.4, 0.5) is 0 Å². The van der Waals surface area contributed by atoms with E-state index in [1.807, 2.05) is 12.1 Å². The van der Waals surface area contributed by atoms with E-state index in [0.717, 1.165) is 12.1 Å². The van der Waals surface area contributed by atoms with Crippen LogP contribution in [0.25, 0.3) is 0 Å². The van der Waals surface area contributed by atoms with Gasteiger partial charge in [-0.3, -0.25) is 4.79 Å². The highest BCUT2D eigenvalue weighted by molar-refractivity contribution is 7.91. The van der Waals surface area contributed by atoms with Crippen molar-refractivity contribution in [1.29, 1.82) is 0 Å². The first-order valence-corrected chi connectivity index (χ1v) is 11.9. The van der Waals surface area contributed by atoms with E-state index < -0.39 is 10.0 Å². The number of benzene rings is 1. The van der Waals surface area contributed by atoms with Crippen LogP contribution in [0.5, 0.6) is 0 Å². The van der Waals surface area contributed by atoms with Gasteiger partial charge in [-0.1, -0.05) is 30.3 Å². The molecule has 1 aliphatic rings. The number of thiophene rings is 1. The van der Waals surface area contributed by atoms with Gasteiger partial charge in [-0.05, 0) is 29.9 Å². The van der Waals surface area contributed by atoms with Crippen molar-refractivity contribution in [3.05, 3.63) is 52.9 Å². The maximum Gasteiger partial charge on any atom is 0.252 e. The van der Waals surface area contributed by atoms with Crippen LogP contribution in [0.3, 0.4) is 0 Å². The van der Waals surface area contributed by atoms with Crippen molar-refractivity contribution in [3.8, 4) is 0 Å². The first kappa shape index (κ1) is 21.0. The summed E-state index contributed by atoms with van der Waals surface area (Å²) in [4.78, 5) is 14.0. The Morgan fingerprint density at radius 3 is 2.57 bits per heavy atom. The third-order valence-corrected chi connectivity index (χ3v) is 8.13. The SMILES string of the molecule is C[NH+](C)Cc1ccc(CNC(=O)[C@@H]2CCCN(S(=O)(=O)c3cccs3)C2)cc1. The first-order valence-electron chi connectivity index (χ1n) is 9.54. The second kappa shape index (κ2) is 9.17. The summed E-state index contributed by atoms with van der Waals surface area (Å²) in [7, 11) is 0.726. The fourth-order valence-electron chi connectivity index (χ4n) is 3.43. The fraction of sp³-hybridized carbons (Fsp3) is 0.450. The van der Waals surface area contributed by atoms with E-state index in [1.165, 1.54) is 26.1 Å². The van der Waals surface area contributed by atoms with Crippen LogP contribution >= 0.6 is 11.3 Å². The Morgan fingerprint density at radius 1 is 1.21 bits per heavy atom. The van der Waals surface area contributed by atoms with Gasteiger partial charge in [0.25, 0.3) is 10.0 Å². The molecule has 0 aliphatic carbocycles. The average molecular weight is 423 g/mol. The molecule has 1 aromatic carbocycles. The van der Waals surface area contributed by atoms with Crippen LogP contribution in [-0.2, 0) is 27.9 Å². The van der Waals surface area contributed by atoms with E-state index in [1.54, 1.807) is 17.5 Å². The molecule has 0 unspecified atom stereocenters. The smallest absolute Gasteiger partial charge is 0.252 e. The molecule has 1 aliphatic heterocycles. The lowest BCUT2D eigenvalue weighted by molar-refractivity contribution is -0.872. The Morgan fingerprint density at radius 2 is 1.93 bits per heavy atom. The van der Waals surface area contributed by atoms with Crippen LogP contribution in [-0.4, -0.2) is 45.8 Å². The molecule has 0 spiro atoms. The largest absolute Gasteiger partial charge is 0.352 e. The minimum atomic E-state index is -3.50. The Labute approximate surface area is 171 Å². The molecule has 1 atom stereocenters. The van der Waals surface area contributed by atoms with E-state index in [9.17, 15) is 13.2 Å². The number of carbonyl (C=O) groups is 1. The molecule has 0 radical (unpaired) electrons. The molecule has 3 rings (SSSR count). The first-order chi connectivity index (χ1) is 13.4. The zero-order chi connectivity index (χ0) is 20.1. The number of amides is 1. The minimum Gasteiger partial charge on any atom is -0.352 e.